The molecular formula is C26H55NO4. The van der Waals surface area contributed by atoms with Gasteiger partial charge in [0.25, 0.3) is 0 Å². The number of hydrogen-bond donors (Lipinski definition) is 3. The number of esters is 1. The van der Waals surface area contributed by atoms with E-state index in [0.29, 0.717) is 6.42 Å². The molecular weight excluding hydrogens is 390 g/mol. The van der Waals surface area contributed by atoms with E-state index in [2.05, 4.69) is 17.0 Å². The first-order chi connectivity index (χ1) is 15.2. The summed E-state index contributed by atoms with van der Waals surface area (Å²) in [6.45, 7) is 4.67. The molecule has 0 saturated carbocycles. The minimum absolute atomic E-state index is 0.0938. The van der Waals surface area contributed by atoms with Gasteiger partial charge < -0.3 is 14.9 Å². The molecule has 0 radical (unpaired) electrons. The molecule has 0 rings (SSSR count). The van der Waals surface area contributed by atoms with Gasteiger partial charge in [-0.2, -0.15) is 0 Å². The van der Waals surface area contributed by atoms with Gasteiger partial charge in [-0.25, -0.2) is 0 Å². The van der Waals surface area contributed by atoms with E-state index in [1.165, 1.54) is 109 Å². The number of carbonyl (C=O) groups excluding carboxylic acids is 1. The molecule has 0 amide bonds. The quantitative estimate of drug-likeness (QED) is 0.0910. The number of ether oxygens (including phenoxy) is 1. The van der Waals surface area contributed by atoms with Crippen molar-refractivity contribution in [3.8, 4) is 0 Å². The Hall–Kier alpha value is -0.650. The maximum atomic E-state index is 11.0. The fourth-order valence-electron chi connectivity index (χ4n) is 3.60. The summed E-state index contributed by atoms with van der Waals surface area (Å²) in [5.41, 5.74) is 0. The van der Waals surface area contributed by atoms with E-state index in [-0.39, 0.29) is 12.7 Å². The second kappa shape index (κ2) is 31.5. The van der Waals surface area contributed by atoms with Crippen molar-refractivity contribution in [3.63, 3.8) is 0 Å². The van der Waals surface area contributed by atoms with Crippen LogP contribution in [-0.4, -0.2) is 36.3 Å². The van der Waals surface area contributed by atoms with E-state index in [1.807, 2.05) is 6.92 Å². The van der Waals surface area contributed by atoms with Gasteiger partial charge >= 0.3 is 5.97 Å². The van der Waals surface area contributed by atoms with Crippen molar-refractivity contribution in [2.75, 3.05) is 20.1 Å². The molecule has 188 valence electrons. The SMILES string of the molecule is CCCCCCCCCCCCCCCCCCCCCC(=O)OCO.CCNCO. The van der Waals surface area contributed by atoms with Crippen LogP contribution in [0.25, 0.3) is 0 Å². The Labute approximate surface area is 193 Å². The summed E-state index contributed by atoms with van der Waals surface area (Å²) in [5.74, 6) is -0.278. The Morgan fingerprint density at radius 3 is 1.23 bits per heavy atom. The van der Waals surface area contributed by atoms with Crippen LogP contribution in [0.5, 0.6) is 0 Å². The maximum Gasteiger partial charge on any atom is 0.307 e. The Kier molecular flexibility index (Phi) is 33.1. The summed E-state index contributed by atoms with van der Waals surface area (Å²) < 4.78 is 4.50. The van der Waals surface area contributed by atoms with Crippen molar-refractivity contribution in [3.05, 3.63) is 0 Å². The number of aliphatic hydroxyl groups is 2. The van der Waals surface area contributed by atoms with E-state index in [9.17, 15) is 4.79 Å². The van der Waals surface area contributed by atoms with Gasteiger partial charge in [0.1, 0.15) is 0 Å². The topological polar surface area (TPSA) is 78.8 Å². The highest BCUT2D eigenvalue weighted by Crippen LogP contribution is 2.14. The molecule has 0 aliphatic heterocycles. The summed E-state index contributed by atoms with van der Waals surface area (Å²) in [6.07, 6.45) is 26.2. The predicted molar refractivity (Wildman–Crippen MR) is 132 cm³/mol. The molecule has 5 heteroatoms. The van der Waals surface area contributed by atoms with Crippen molar-refractivity contribution >= 4 is 5.97 Å². The summed E-state index contributed by atoms with van der Waals surface area (Å²) in [5, 5.41) is 19.1. The monoisotopic (exact) mass is 445 g/mol. The highest BCUT2D eigenvalue weighted by molar-refractivity contribution is 5.69. The molecule has 0 fully saturated rings. The summed E-state index contributed by atoms with van der Waals surface area (Å²) >= 11 is 0. The average Bonchev–Trinajstić information content (AvgIpc) is 2.76. The lowest BCUT2D eigenvalue weighted by Gasteiger charge is -2.04. The van der Waals surface area contributed by atoms with Gasteiger partial charge in [-0.1, -0.05) is 129 Å². The van der Waals surface area contributed by atoms with Crippen LogP contribution < -0.4 is 5.32 Å². The molecule has 0 aromatic rings. The van der Waals surface area contributed by atoms with Gasteiger partial charge in [0.05, 0.1) is 6.73 Å². The van der Waals surface area contributed by atoms with E-state index in [1.54, 1.807) is 0 Å². The van der Waals surface area contributed by atoms with Gasteiger partial charge in [0.2, 0.25) is 0 Å². The Bertz CT molecular complexity index is 325. The molecule has 3 N–H and O–H groups in total. The largest absolute Gasteiger partial charge is 0.439 e. The Balaban J connectivity index is 0. The molecule has 0 atom stereocenters. The van der Waals surface area contributed by atoms with Crippen molar-refractivity contribution in [1.82, 2.24) is 5.32 Å². The van der Waals surface area contributed by atoms with E-state index in [4.69, 9.17) is 10.2 Å². The minimum Gasteiger partial charge on any atom is -0.439 e. The molecule has 0 saturated heterocycles. The van der Waals surface area contributed by atoms with Gasteiger partial charge in [-0.3, -0.25) is 10.1 Å². The highest BCUT2D eigenvalue weighted by atomic mass is 16.6. The zero-order valence-corrected chi connectivity index (χ0v) is 21.0. The first kappa shape index (κ1) is 32.5. The summed E-state index contributed by atoms with van der Waals surface area (Å²) in [6, 6.07) is 0. The van der Waals surface area contributed by atoms with Crippen LogP contribution in [0, 0.1) is 0 Å². The van der Waals surface area contributed by atoms with Crippen LogP contribution in [0.4, 0.5) is 0 Å². The zero-order valence-electron chi connectivity index (χ0n) is 21.0. The van der Waals surface area contributed by atoms with E-state index >= 15 is 0 Å². The summed E-state index contributed by atoms with van der Waals surface area (Å²) in [7, 11) is 0. The molecule has 0 spiro atoms. The normalized spacial score (nSPS) is 10.6. The second-order valence-corrected chi connectivity index (χ2v) is 8.52. The van der Waals surface area contributed by atoms with Crippen LogP contribution in [0.15, 0.2) is 0 Å². The van der Waals surface area contributed by atoms with Gasteiger partial charge in [-0.05, 0) is 13.0 Å². The van der Waals surface area contributed by atoms with Crippen molar-refractivity contribution in [1.29, 1.82) is 0 Å². The molecule has 0 heterocycles. The fourth-order valence-corrected chi connectivity index (χ4v) is 3.60. The molecule has 0 aromatic carbocycles. The standard InChI is InChI=1S/C23H46O3.C3H9NO/c1-2-3-4-5-6-7-8-9-10-11-12-13-14-15-16-17-18-19-20-21-23(25)26-22-24;1-2-4-3-5/h24H,2-22H2,1H3;4-5H,2-3H2,1H3. The van der Waals surface area contributed by atoms with E-state index < -0.39 is 6.79 Å². The number of hydrogen-bond acceptors (Lipinski definition) is 5. The van der Waals surface area contributed by atoms with E-state index in [0.717, 1.165) is 19.4 Å². The lowest BCUT2D eigenvalue weighted by Crippen LogP contribution is -2.12. The molecule has 0 aromatic heterocycles. The molecule has 0 bridgehead atoms. The third kappa shape index (κ3) is 34.2. The fraction of sp³-hybridized carbons (Fsp3) is 0.962. The first-order valence-electron chi connectivity index (χ1n) is 13.3. The number of unbranched alkanes of at least 4 members (excludes halogenated alkanes) is 18. The van der Waals surface area contributed by atoms with Crippen LogP contribution in [0.3, 0.4) is 0 Å². The third-order valence-corrected chi connectivity index (χ3v) is 5.57. The minimum atomic E-state index is -0.488. The van der Waals surface area contributed by atoms with Crippen LogP contribution in [0.1, 0.15) is 142 Å². The second-order valence-electron chi connectivity index (χ2n) is 8.52. The van der Waals surface area contributed by atoms with Crippen LogP contribution >= 0.6 is 0 Å². The Morgan fingerprint density at radius 2 is 0.968 bits per heavy atom. The predicted octanol–water partition coefficient (Wildman–Crippen LogP) is 6.85. The van der Waals surface area contributed by atoms with Crippen LogP contribution in [-0.2, 0) is 9.53 Å². The summed E-state index contributed by atoms with van der Waals surface area (Å²) in [4.78, 5) is 11.0. The lowest BCUT2D eigenvalue weighted by atomic mass is 10.0. The number of carbonyl (C=O) groups is 1. The highest BCUT2D eigenvalue weighted by Gasteiger charge is 2.01. The molecule has 0 aliphatic rings. The maximum absolute atomic E-state index is 11.0. The number of aliphatic hydroxyl groups excluding tert-OH is 2. The molecule has 0 aliphatic carbocycles. The lowest BCUT2D eigenvalue weighted by molar-refractivity contribution is -0.151. The zero-order chi connectivity index (χ0) is 23.3. The first-order valence-corrected chi connectivity index (χ1v) is 13.3. The van der Waals surface area contributed by atoms with Gasteiger partial charge in [0.15, 0.2) is 6.79 Å². The molecule has 31 heavy (non-hydrogen) atoms. The van der Waals surface area contributed by atoms with Crippen molar-refractivity contribution in [2.24, 2.45) is 0 Å². The smallest absolute Gasteiger partial charge is 0.307 e. The Morgan fingerprint density at radius 1 is 0.613 bits per heavy atom. The number of nitrogens with one attached hydrogen (secondary N) is 1. The van der Waals surface area contributed by atoms with Gasteiger partial charge in [0, 0.05) is 6.42 Å². The van der Waals surface area contributed by atoms with Crippen molar-refractivity contribution < 1.29 is 19.7 Å². The molecule has 0 unspecified atom stereocenters. The third-order valence-electron chi connectivity index (χ3n) is 5.57. The molecule has 5 nitrogen and oxygen atoms in total. The van der Waals surface area contributed by atoms with Crippen molar-refractivity contribution in [2.45, 2.75) is 142 Å². The average molecular weight is 446 g/mol. The van der Waals surface area contributed by atoms with Crippen LogP contribution in [0.2, 0.25) is 0 Å². The van der Waals surface area contributed by atoms with Gasteiger partial charge in [-0.15, -0.1) is 0 Å². The number of rotatable bonds is 23.